The third kappa shape index (κ3) is 4.28. The molecule has 0 spiro atoms. The molecule has 1 heterocycles. The molecule has 0 saturated heterocycles. The van der Waals surface area contributed by atoms with Crippen molar-refractivity contribution in [3.63, 3.8) is 0 Å². The van der Waals surface area contributed by atoms with Crippen molar-refractivity contribution in [2.24, 2.45) is 0 Å². The molecule has 0 aliphatic carbocycles. The van der Waals surface area contributed by atoms with Crippen molar-refractivity contribution in [3.05, 3.63) is 10.4 Å². The van der Waals surface area contributed by atoms with Crippen molar-refractivity contribution in [1.82, 2.24) is 0 Å². The number of quaternary nitrogens is 1. The minimum atomic E-state index is -0.132. The number of carbonyl (C=O) groups is 1. The number of halogens is 2. The van der Waals surface area contributed by atoms with Gasteiger partial charge in [0, 0.05) is 0 Å². The first-order chi connectivity index (χ1) is 7.58. The van der Waals surface area contributed by atoms with E-state index in [1.54, 1.807) is 0 Å². The van der Waals surface area contributed by atoms with Crippen LogP contribution in [0.25, 0.3) is 0 Å². The highest BCUT2D eigenvalue weighted by Crippen LogP contribution is 2.42. The van der Waals surface area contributed by atoms with E-state index >= 15 is 0 Å². The zero-order chi connectivity index (χ0) is 12.0. The van der Waals surface area contributed by atoms with Crippen LogP contribution in [0.1, 0.15) is 45.4 Å². The van der Waals surface area contributed by atoms with E-state index in [0.717, 1.165) is 12.8 Å². The average Bonchev–Trinajstić information content (AvgIpc) is 2.47. The van der Waals surface area contributed by atoms with E-state index in [2.05, 4.69) is 6.92 Å². The van der Waals surface area contributed by atoms with Crippen molar-refractivity contribution >= 4 is 41.2 Å². The van der Waals surface area contributed by atoms with Gasteiger partial charge < -0.3 is 0 Å². The Labute approximate surface area is 112 Å². The summed E-state index contributed by atoms with van der Waals surface area (Å²) in [5, 5.41) is 0. The van der Waals surface area contributed by atoms with Gasteiger partial charge in [0.15, 0.2) is 23.7 Å². The summed E-state index contributed by atoms with van der Waals surface area (Å²) >= 11 is 13.2. The third-order valence-corrected chi connectivity index (χ3v) is 4.40. The minimum Gasteiger partial charge on any atom is -0.223 e. The van der Waals surface area contributed by atoms with Crippen LogP contribution in [0.15, 0.2) is 10.4 Å². The van der Waals surface area contributed by atoms with Gasteiger partial charge in [0.2, 0.25) is 0 Å². The van der Waals surface area contributed by atoms with E-state index in [-0.39, 0.29) is 9.31 Å². The van der Waals surface area contributed by atoms with Crippen molar-refractivity contribution in [1.29, 1.82) is 0 Å². The van der Waals surface area contributed by atoms with Gasteiger partial charge in [-0.15, -0.1) is 0 Å². The van der Waals surface area contributed by atoms with Crippen LogP contribution in [0.3, 0.4) is 0 Å². The van der Waals surface area contributed by atoms with Gasteiger partial charge in [-0.1, -0.05) is 47.6 Å². The van der Waals surface area contributed by atoms with E-state index in [1.165, 1.54) is 43.7 Å². The number of hydrogen-bond donors (Lipinski definition) is 0. The lowest BCUT2D eigenvalue weighted by molar-refractivity contribution is -0.579. The summed E-state index contributed by atoms with van der Waals surface area (Å²) in [6, 6.07) is 0. The summed E-state index contributed by atoms with van der Waals surface area (Å²) in [4.78, 5) is 11.5. The fourth-order valence-electron chi connectivity index (χ4n) is 1.65. The van der Waals surface area contributed by atoms with Gasteiger partial charge in [-0.3, -0.25) is 0 Å². The SMILES string of the molecule is CCCCCCCC[N+]1(Cl)SC(Cl)=CC1=O. The second kappa shape index (κ2) is 6.90. The number of amides is 1. The van der Waals surface area contributed by atoms with Crippen LogP contribution >= 0.6 is 35.3 Å². The van der Waals surface area contributed by atoms with Crippen molar-refractivity contribution < 1.29 is 8.20 Å². The van der Waals surface area contributed by atoms with Gasteiger partial charge >= 0.3 is 5.91 Å². The smallest absolute Gasteiger partial charge is 0.223 e. The molecule has 0 aromatic carbocycles. The Morgan fingerprint density at radius 3 is 2.44 bits per heavy atom. The Bertz CT molecular complexity index is 283. The third-order valence-electron chi connectivity index (χ3n) is 2.60. The average molecular weight is 283 g/mol. The summed E-state index contributed by atoms with van der Waals surface area (Å²) in [5.41, 5.74) is 0. The molecule has 0 saturated carbocycles. The standard InChI is InChI=1S/C11H18Cl2NOS/c1-2-3-4-5-6-7-8-14(13)11(15)9-10(12)16-14/h9H,2-8H2,1H3/q+1. The van der Waals surface area contributed by atoms with Crippen molar-refractivity contribution in [2.75, 3.05) is 6.54 Å². The molecule has 16 heavy (non-hydrogen) atoms. The highest BCUT2D eigenvalue weighted by atomic mass is 35.5. The maximum Gasteiger partial charge on any atom is 0.370 e. The normalized spacial score (nSPS) is 24.9. The molecule has 1 unspecified atom stereocenters. The molecule has 1 amide bonds. The van der Waals surface area contributed by atoms with Crippen LogP contribution in [-0.2, 0) is 4.79 Å². The van der Waals surface area contributed by atoms with Crippen LogP contribution < -0.4 is 0 Å². The molecule has 0 bridgehead atoms. The predicted octanol–water partition coefficient (Wildman–Crippen LogP) is 4.59. The number of unbranched alkanes of at least 4 members (excludes halogenated alkanes) is 5. The van der Waals surface area contributed by atoms with Gasteiger partial charge in [-0.05, 0) is 12.8 Å². The van der Waals surface area contributed by atoms with Crippen LogP contribution in [0.5, 0.6) is 0 Å². The first-order valence-electron chi connectivity index (χ1n) is 5.77. The second-order valence-corrected chi connectivity index (χ2v) is 6.68. The Morgan fingerprint density at radius 2 is 1.88 bits per heavy atom. The Hall–Kier alpha value is 0.300. The maximum atomic E-state index is 11.5. The number of hydrogen-bond acceptors (Lipinski definition) is 2. The molecule has 0 aromatic heterocycles. The molecule has 0 aromatic rings. The van der Waals surface area contributed by atoms with Crippen molar-refractivity contribution in [2.45, 2.75) is 45.4 Å². The van der Waals surface area contributed by atoms with Crippen LogP contribution in [0.4, 0.5) is 0 Å². The zero-order valence-corrected chi connectivity index (χ0v) is 11.9. The predicted molar refractivity (Wildman–Crippen MR) is 70.9 cm³/mol. The lowest BCUT2D eigenvalue weighted by Gasteiger charge is -2.17. The fourth-order valence-corrected chi connectivity index (χ4v) is 3.39. The zero-order valence-electron chi connectivity index (χ0n) is 9.55. The van der Waals surface area contributed by atoms with Gasteiger partial charge in [0.25, 0.3) is 0 Å². The molecule has 0 radical (unpaired) electrons. The molecule has 1 aliphatic heterocycles. The van der Waals surface area contributed by atoms with Crippen LogP contribution in [0.2, 0.25) is 0 Å². The lowest BCUT2D eigenvalue weighted by atomic mass is 10.1. The van der Waals surface area contributed by atoms with Gasteiger partial charge in [0.05, 0.1) is 6.08 Å². The van der Waals surface area contributed by atoms with E-state index in [4.69, 9.17) is 23.4 Å². The van der Waals surface area contributed by atoms with Crippen molar-refractivity contribution in [3.8, 4) is 0 Å². The van der Waals surface area contributed by atoms with E-state index in [1.807, 2.05) is 0 Å². The second-order valence-electron chi connectivity index (χ2n) is 4.02. The number of nitrogens with zero attached hydrogens (tertiary/aromatic N) is 1. The molecule has 1 rings (SSSR count). The van der Waals surface area contributed by atoms with E-state index < -0.39 is 0 Å². The summed E-state index contributed by atoms with van der Waals surface area (Å²) in [5.74, 6) is -0.106. The molecule has 1 aliphatic rings. The topological polar surface area (TPSA) is 17.1 Å². The molecular weight excluding hydrogens is 265 g/mol. The molecule has 92 valence electrons. The molecular formula is C11H18Cl2NOS+. The quantitative estimate of drug-likeness (QED) is 0.386. The molecule has 2 nitrogen and oxygen atoms in total. The number of carbonyl (C=O) groups excluding carboxylic acids is 1. The minimum absolute atomic E-state index is 0.106. The Kier molecular flexibility index (Phi) is 6.19. The first kappa shape index (κ1) is 14.4. The summed E-state index contributed by atoms with van der Waals surface area (Å²) in [6.07, 6.45) is 8.58. The fraction of sp³-hybridized carbons (Fsp3) is 0.727. The Balaban J connectivity index is 2.16. The molecule has 5 heteroatoms. The largest absolute Gasteiger partial charge is 0.370 e. The molecule has 0 N–H and O–H groups in total. The monoisotopic (exact) mass is 282 g/mol. The van der Waals surface area contributed by atoms with E-state index in [9.17, 15) is 4.79 Å². The van der Waals surface area contributed by atoms with Gasteiger partial charge in [-0.2, -0.15) is 0 Å². The van der Waals surface area contributed by atoms with Gasteiger partial charge in [0.1, 0.15) is 10.9 Å². The number of rotatable bonds is 7. The van der Waals surface area contributed by atoms with Gasteiger partial charge in [-0.25, -0.2) is 4.79 Å². The first-order valence-corrected chi connectivity index (χ1v) is 7.26. The lowest BCUT2D eigenvalue weighted by Crippen LogP contribution is -2.33. The summed E-state index contributed by atoms with van der Waals surface area (Å²) in [6.45, 7) is 2.86. The van der Waals surface area contributed by atoms with Crippen LogP contribution in [0, 0.1) is 0 Å². The van der Waals surface area contributed by atoms with E-state index in [0.29, 0.717) is 10.9 Å². The molecule has 1 atom stereocenters. The van der Waals surface area contributed by atoms with Crippen LogP contribution in [-0.4, -0.2) is 15.9 Å². The summed E-state index contributed by atoms with van der Waals surface area (Å²) < 4.78 is 0.359. The summed E-state index contributed by atoms with van der Waals surface area (Å²) in [7, 11) is 0. The highest BCUT2D eigenvalue weighted by Gasteiger charge is 2.43. The maximum absolute atomic E-state index is 11.5. The highest BCUT2D eigenvalue weighted by molar-refractivity contribution is 8.00. The molecule has 0 fully saturated rings. The Morgan fingerprint density at radius 1 is 1.25 bits per heavy atom.